The topological polar surface area (TPSA) is 157 Å². The summed E-state index contributed by atoms with van der Waals surface area (Å²) in [6.07, 6.45) is 0.233. The molecule has 1 aliphatic carbocycles. The predicted octanol–water partition coefficient (Wildman–Crippen LogP) is 5.44. The maximum Gasteiger partial charge on any atom is 0.407 e. The van der Waals surface area contributed by atoms with Gasteiger partial charge in [-0.15, -0.1) is 0 Å². The van der Waals surface area contributed by atoms with Crippen molar-refractivity contribution in [2.75, 3.05) is 13.7 Å². The van der Waals surface area contributed by atoms with E-state index in [1.165, 1.54) is 12.1 Å². The van der Waals surface area contributed by atoms with E-state index in [1.54, 1.807) is 45.0 Å². The SMILES string of the molecule is COC(=O)N[C@H](C(=O)NN(Cc1ccc(-c2c(C)noc2C)cc1)C[C@@](O)(Cc1ccccc1)C(=O)N(O)C1CCc2ccccc21)C(C)(C)C. The smallest absolute Gasteiger partial charge is 0.407 e. The first-order valence-electron chi connectivity index (χ1n) is 17.0. The minimum Gasteiger partial charge on any atom is -0.453 e. The van der Waals surface area contributed by atoms with Crippen LogP contribution in [-0.4, -0.2) is 68.7 Å². The Labute approximate surface area is 298 Å². The van der Waals surface area contributed by atoms with E-state index >= 15 is 0 Å². The van der Waals surface area contributed by atoms with Crippen molar-refractivity contribution in [1.29, 1.82) is 0 Å². The molecule has 1 heterocycles. The molecule has 4 aromatic rings. The standard InChI is InChI=1S/C39H47N5O7/c1-25-33(26(2)51-42-25)30-18-16-28(17-19-30)23-43(41-35(45)34(38(3,4)5)40-37(47)50-6)24-39(48,22-27-12-8-7-9-13-27)36(46)44(49)32-21-20-29-14-10-11-15-31(29)32/h7-19,32,34,48-49H,20-24H2,1-6H3,(H,40,47)(H,41,45)/t32?,34-,39+/m1/s1. The van der Waals surface area contributed by atoms with E-state index in [-0.39, 0.29) is 13.0 Å². The highest BCUT2D eigenvalue weighted by molar-refractivity contribution is 5.87. The maximum atomic E-state index is 14.4. The first-order chi connectivity index (χ1) is 24.2. The van der Waals surface area contributed by atoms with Crippen LogP contribution < -0.4 is 10.7 Å². The van der Waals surface area contributed by atoms with Crippen molar-refractivity contribution >= 4 is 17.9 Å². The third-order valence-electron chi connectivity index (χ3n) is 9.29. The van der Waals surface area contributed by atoms with E-state index in [4.69, 9.17) is 9.26 Å². The lowest BCUT2D eigenvalue weighted by molar-refractivity contribution is -0.199. The number of carbonyl (C=O) groups excluding carboxylic acids is 3. The van der Waals surface area contributed by atoms with Crippen molar-refractivity contribution in [3.63, 3.8) is 0 Å². The Morgan fingerprint density at radius 3 is 2.27 bits per heavy atom. The van der Waals surface area contributed by atoms with Crippen LogP contribution in [-0.2, 0) is 33.7 Å². The van der Waals surface area contributed by atoms with Crippen LogP contribution in [0.5, 0.6) is 0 Å². The number of carbonyl (C=O) groups is 3. The molecule has 0 bridgehead atoms. The summed E-state index contributed by atoms with van der Waals surface area (Å²) in [7, 11) is 1.21. The fourth-order valence-electron chi connectivity index (χ4n) is 6.69. The normalized spacial score (nSPS) is 15.8. The minimum atomic E-state index is -2.20. The number of hydrogen-bond acceptors (Lipinski definition) is 9. The lowest BCUT2D eigenvalue weighted by atomic mass is 9.86. The molecule has 0 saturated carbocycles. The summed E-state index contributed by atoms with van der Waals surface area (Å²) in [6, 6.07) is 22.5. The number of benzene rings is 3. The molecule has 0 fully saturated rings. The number of ether oxygens (including phenoxy) is 1. The first kappa shape index (κ1) is 37.2. The molecule has 12 nitrogen and oxygen atoms in total. The third kappa shape index (κ3) is 8.65. The number of nitrogens with zero attached hydrogens (tertiary/aromatic N) is 3. The Bertz CT molecular complexity index is 1820. The van der Waals surface area contributed by atoms with Gasteiger partial charge in [0.2, 0.25) is 0 Å². The van der Waals surface area contributed by atoms with Crippen molar-refractivity contribution in [2.24, 2.45) is 5.41 Å². The van der Waals surface area contributed by atoms with Crippen LogP contribution >= 0.6 is 0 Å². The Morgan fingerprint density at radius 2 is 1.65 bits per heavy atom. The molecular formula is C39H47N5O7. The molecule has 1 aromatic heterocycles. The fourth-order valence-corrected chi connectivity index (χ4v) is 6.69. The van der Waals surface area contributed by atoms with E-state index in [0.29, 0.717) is 29.2 Å². The van der Waals surface area contributed by atoms with Crippen molar-refractivity contribution < 1.29 is 34.0 Å². The van der Waals surface area contributed by atoms with Gasteiger partial charge in [0.05, 0.1) is 25.4 Å². The number of methoxy groups -OCH3 is 1. The van der Waals surface area contributed by atoms with Crippen molar-refractivity contribution in [2.45, 2.75) is 78.1 Å². The Morgan fingerprint density at radius 1 is 0.980 bits per heavy atom. The highest BCUT2D eigenvalue weighted by Crippen LogP contribution is 2.36. The number of amides is 3. The molecule has 3 atom stereocenters. The Hall–Kier alpha value is -5.04. The van der Waals surface area contributed by atoms with Gasteiger partial charge in [0.1, 0.15) is 11.8 Å². The summed E-state index contributed by atoms with van der Waals surface area (Å²) in [5.41, 5.74) is 5.71. The van der Waals surface area contributed by atoms with Crippen molar-refractivity contribution in [3.05, 3.63) is 113 Å². The third-order valence-corrected chi connectivity index (χ3v) is 9.29. The molecule has 0 spiro atoms. The number of fused-ring (bicyclic) bond motifs is 1. The summed E-state index contributed by atoms with van der Waals surface area (Å²) in [5.74, 6) is -0.801. The molecule has 0 aliphatic heterocycles. The number of aromatic nitrogens is 1. The second-order valence-electron chi connectivity index (χ2n) is 14.3. The van der Waals surface area contributed by atoms with Crippen LogP contribution in [0.15, 0.2) is 83.4 Å². The number of nitrogens with one attached hydrogen (secondary N) is 2. The second kappa shape index (κ2) is 15.5. The lowest BCUT2D eigenvalue weighted by Gasteiger charge is -2.38. The van der Waals surface area contributed by atoms with E-state index in [0.717, 1.165) is 33.5 Å². The number of rotatable bonds is 12. The zero-order chi connectivity index (χ0) is 36.9. The van der Waals surface area contributed by atoms with Gasteiger partial charge < -0.3 is 19.7 Å². The molecule has 1 aliphatic rings. The fraction of sp³-hybridized carbons (Fsp3) is 0.385. The van der Waals surface area contributed by atoms with Gasteiger partial charge >= 0.3 is 6.09 Å². The van der Waals surface area contributed by atoms with Gasteiger partial charge in [-0.1, -0.05) is 105 Å². The van der Waals surface area contributed by atoms with Crippen LogP contribution in [0.4, 0.5) is 4.79 Å². The minimum absolute atomic E-state index is 0.0603. The summed E-state index contributed by atoms with van der Waals surface area (Å²) in [5, 5.41) is 32.7. The van der Waals surface area contributed by atoms with Crippen molar-refractivity contribution in [1.82, 2.24) is 26.0 Å². The number of alkyl carbamates (subject to hydrolysis) is 1. The van der Waals surface area contributed by atoms with Gasteiger partial charge in [-0.2, -0.15) is 0 Å². The zero-order valence-corrected chi connectivity index (χ0v) is 30.0. The zero-order valence-electron chi connectivity index (χ0n) is 30.0. The summed E-state index contributed by atoms with van der Waals surface area (Å²) in [6.45, 7) is 8.75. The summed E-state index contributed by atoms with van der Waals surface area (Å²) >= 11 is 0. The number of aryl methyl sites for hydroxylation is 3. The molecule has 0 saturated heterocycles. The van der Waals surface area contributed by atoms with Gasteiger partial charge in [0.15, 0.2) is 5.60 Å². The second-order valence-corrected chi connectivity index (χ2v) is 14.3. The number of hydrogen-bond donors (Lipinski definition) is 4. The average molecular weight is 698 g/mol. The summed E-state index contributed by atoms with van der Waals surface area (Å²) in [4.78, 5) is 40.6. The van der Waals surface area contributed by atoms with Crippen LogP contribution in [0, 0.1) is 19.3 Å². The maximum absolute atomic E-state index is 14.4. The quantitative estimate of drug-likeness (QED) is 0.112. The molecule has 3 amide bonds. The van der Waals surface area contributed by atoms with E-state index in [9.17, 15) is 24.7 Å². The van der Waals surface area contributed by atoms with Gasteiger partial charge in [0, 0.05) is 18.5 Å². The first-order valence-corrected chi connectivity index (χ1v) is 17.0. The van der Waals surface area contributed by atoms with E-state index < -0.39 is 47.6 Å². The van der Waals surface area contributed by atoms with Gasteiger partial charge in [-0.05, 0) is 59.9 Å². The molecule has 270 valence electrons. The molecule has 3 aromatic carbocycles. The summed E-state index contributed by atoms with van der Waals surface area (Å²) < 4.78 is 10.1. The molecule has 1 unspecified atom stereocenters. The monoisotopic (exact) mass is 697 g/mol. The van der Waals surface area contributed by atoms with Crippen LogP contribution in [0.2, 0.25) is 0 Å². The molecule has 0 radical (unpaired) electrons. The molecule has 51 heavy (non-hydrogen) atoms. The number of aliphatic hydroxyl groups is 1. The van der Waals surface area contributed by atoms with Gasteiger partial charge in [0.25, 0.3) is 11.8 Å². The Kier molecular flexibility index (Phi) is 11.3. The van der Waals surface area contributed by atoms with Crippen molar-refractivity contribution in [3.8, 4) is 11.1 Å². The number of hydrazine groups is 1. The largest absolute Gasteiger partial charge is 0.453 e. The van der Waals surface area contributed by atoms with Crippen LogP contribution in [0.1, 0.15) is 66.9 Å². The molecule has 12 heteroatoms. The average Bonchev–Trinajstić information content (AvgIpc) is 3.68. The highest BCUT2D eigenvalue weighted by atomic mass is 16.5. The van der Waals surface area contributed by atoms with Crippen LogP contribution in [0.25, 0.3) is 11.1 Å². The Balaban J connectivity index is 1.50. The van der Waals surface area contributed by atoms with Gasteiger partial charge in [-0.25, -0.2) is 14.9 Å². The predicted molar refractivity (Wildman–Crippen MR) is 190 cm³/mol. The van der Waals surface area contributed by atoms with E-state index in [2.05, 4.69) is 15.9 Å². The molecule has 5 rings (SSSR count). The number of hydroxylamine groups is 2. The van der Waals surface area contributed by atoms with E-state index in [1.807, 2.05) is 68.4 Å². The van der Waals surface area contributed by atoms with Gasteiger partial charge in [-0.3, -0.25) is 20.2 Å². The lowest BCUT2D eigenvalue weighted by Crippen LogP contribution is -2.62. The molecular weight excluding hydrogens is 650 g/mol. The highest BCUT2D eigenvalue weighted by Gasteiger charge is 2.45. The van der Waals surface area contributed by atoms with Crippen LogP contribution in [0.3, 0.4) is 0 Å². The molecule has 4 N–H and O–H groups in total.